The number of pyridine rings is 1. The number of nitrogens with zero attached hydrogens (tertiary/aromatic N) is 4. The summed E-state index contributed by atoms with van der Waals surface area (Å²) in [7, 11) is -1.21. The Bertz CT molecular complexity index is 2020. The molecule has 0 fully saturated rings. The Morgan fingerprint density at radius 1 is 0.979 bits per heavy atom. The minimum Gasteiger partial charge on any atom is -0.496 e. The highest BCUT2D eigenvalue weighted by Gasteiger charge is 2.25. The van der Waals surface area contributed by atoms with Crippen molar-refractivity contribution in [2.24, 2.45) is 0 Å². The lowest BCUT2D eigenvalue weighted by molar-refractivity contribution is 0.0523. The number of methoxy groups -OCH3 is 2. The smallest absolute Gasteiger partial charge is 0.407 e. The molecule has 0 aliphatic heterocycles. The van der Waals surface area contributed by atoms with Gasteiger partial charge in [-0.1, -0.05) is 18.1 Å². The van der Waals surface area contributed by atoms with Crippen LogP contribution in [0.2, 0.25) is 0 Å². The first-order valence-corrected chi connectivity index (χ1v) is 16.6. The largest absolute Gasteiger partial charge is 0.496 e. The second-order valence-electron chi connectivity index (χ2n) is 11.8. The molecule has 0 atom stereocenters. The lowest BCUT2D eigenvalue weighted by Crippen LogP contribution is -2.32. The number of anilines is 1. The number of sulfonamides is 1. The van der Waals surface area contributed by atoms with Gasteiger partial charge in [0.15, 0.2) is 11.4 Å². The zero-order valence-corrected chi connectivity index (χ0v) is 28.4. The molecule has 0 saturated carbocycles. The second-order valence-corrected chi connectivity index (χ2v) is 13.5. The molecule has 2 aromatic carbocycles. The van der Waals surface area contributed by atoms with Crippen molar-refractivity contribution in [1.29, 1.82) is 0 Å². The van der Waals surface area contributed by atoms with Gasteiger partial charge in [0, 0.05) is 30.6 Å². The Labute approximate surface area is 278 Å². The van der Waals surface area contributed by atoms with E-state index >= 15 is 0 Å². The van der Waals surface area contributed by atoms with E-state index in [0.29, 0.717) is 35.6 Å². The minimum atomic E-state index is -4.20. The van der Waals surface area contributed by atoms with Crippen molar-refractivity contribution in [3.63, 3.8) is 0 Å². The molecular formula is C33H38N6O8S. The van der Waals surface area contributed by atoms with Gasteiger partial charge in [-0.15, -0.1) is 0 Å². The molecule has 14 nitrogen and oxygen atoms in total. The first-order valence-electron chi connectivity index (χ1n) is 15.1. The van der Waals surface area contributed by atoms with Crippen molar-refractivity contribution >= 4 is 32.9 Å². The predicted octanol–water partition coefficient (Wildman–Crippen LogP) is 5.45. The molecule has 0 aliphatic carbocycles. The van der Waals surface area contributed by atoms with Gasteiger partial charge in [-0.3, -0.25) is 9.40 Å². The standard InChI is InChI=1S/C33H38N6O8S/c1-7-21-8-9-25(45-20-22-10-11-34-29(15-22)44-6)28(14-21)48(41,42)38-31-30-26(43-5)12-23(13-27(30)47-37-31)18-39-19-24(17-36-39)16-35-32(40)46-33(2,3)4/h8-15,17,19H,7,16,18,20H2,1-6H3,(H,35,40)(H,37,38). The van der Waals surface area contributed by atoms with Gasteiger partial charge < -0.3 is 28.8 Å². The summed E-state index contributed by atoms with van der Waals surface area (Å²) in [5, 5.41) is 11.5. The number of aryl methyl sites for hydroxylation is 1. The summed E-state index contributed by atoms with van der Waals surface area (Å²) in [6, 6.07) is 12.0. The van der Waals surface area contributed by atoms with E-state index in [1.54, 1.807) is 80.4 Å². The lowest BCUT2D eigenvalue weighted by atomic mass is 10.1. The average molecular weight is 679 g/mol. The van der Waals surface area contributed by atoms with Crippen LogP contribution >= 0.6 is 0 Å². The van der Waals surface area contributed by atoms with Crippen LogP contribution in [-0.4, -0.2) is 54.3 Å². The number of hydrogen-bond donors (Lipinski definition) is 2. The van der Waals surface area contributed by atoms with Gasteiger partial charge in [0.1, 0.15) is 34.0 Å². The number of carbonyl (C=O) groups is 1. The van der Waals surface area contributed by atoms with E-state index < -0.39 is 21.7 Å². The maximum Gasteiger partial charge on any atom is 0.407 e. The number of nitrogens with one attached hydrogen (secondary N) is 2. The summed E-state index contributed by atoms with van der Waals surface area (Å²) in [6.07, 6.45) is 5.13. The van der Waals surface area contributed by atoms with Gasteiger partial charge in [0.05, 0.1) is 27.0 Å². The van der Waals surface area contributed by atoms with Gasteiger partial charge in [-0.25, -0.2) is 18.2 Å². The highest BCUT2D eigenvalue weighted by atomic mass is 32.2. The minimum absolute atomic E-state index is 0.0327. The molecule has 1 amide bonds. The zero-order chi connectivity index (χ0) is 34.5. The summed E-state index contributed by atoms with van der Waals surface area (Å²) in [4.78, 5) is 16.0. The number of aromatic nitrogens is 4. The summed E-state index contributed by atoms with van der Waals surface area (Å²) in [6.45, 7) is 7.99. The van der Waals surface area contributed by atoms with Gasteiger partial charge in [0.2, 0.25) is 5.88 Å². The molecule has 3 aromatic heterocycles. The molecule has 3 heterocycles. The molecule has 0 bridgehead atoms. The van der Waals surface area contributed by atoms with Crippen LogP contribution in [0.15, 0.2) is 70.5 Å². The normalized spacial score (nSPS) is 11.7. The molecule has 5 aromatic rings. The Balaban J connectivity index is 1.34. The maximum absolute atomic E-state index is 13.8. The fourth-order valence-electron chi connectivity index (χ4n) is 4.77. The maximum atomic E-state index is 13.8. The van der Waals surface area contributed by atoms with Crippen LogP contribution in [0.3, 0.4) is 0 Å². The lowest BCUT2D eigenvalue weighted by Gasteiger charge is -2.19. The SMILES string of the molecule is CCc1ccc(OCc2ccnc(OC)c2)c(S(=O)(=O)Nc2noc3cc(Cn4cc(CNC(=O)OC(C)(C)C)cn4)cc(OC)c23)c1. The predicted molar refractivity (Wildman–Crippen MR) is 177 cm³/mol. The van der Waals surface area contributed by atoms with E-state index in [1.807, 2.05) is 13.0 Å². The Morgan fingerprint density at radius 2 is 1.79 bits per heavy atom. The summed E-state index contributed by atoms with van der Waals surface area (Å²) in [5.74, 6) is 0.905. The molecule has 254 valence electrons. The fraction of sp³-hybridized carbons (Fsp3) is 0.333. The Hall–Kier alpha value is -5.31. The highest BCUT2D eigenvalue weighted by molar-refractivity contribution is 7.92. The molecule has 0 radical (unpaired) electrons. The van der Waals surface area contributed by atoms with Crippen LogP contribution in [0.4, 0.5) is 10.6 Å². The van der Waals surface area contributed by atoms with Crippen LogP contribution in [0.1, 0.15) is 49.9 Å². The Morgan fingerprint density at radius 3 is 2.52 bits per heavy atom. The zero-order valence-electron chi connectivity index (χ0n) is 27.6. The molecule has 0 saturated heterocycles. The topological polar surface area (TPSA) is 169 Å². The van der Waals surface area contributed by atoms with E-state index in [4.69, 9.17) is 23.5 Å². The number of fused-ring (bicyclic) bond motifs is 1. The average Bonchev–Trinajstić information content (AvgIpc) is 3.67. The number of benzene rings is 2. The number of amides is 1. The van der Waals surface area contributed by atoms with E-state index in [9.17, 15) is 13.2 Å². The van der Waals surface area contributed by atoms with Gasteiger partial charge >= 0.3 is 6.09 Å². The number of ether oxygens (including phenoxy) is 4. The monoisotopic (exact) mass is 678 g/mol. The van der Waals surface area contributed by atoms with Crippen molar-refractivity contribution in [2.75, 3.05) is 18.9 Å². The van der Waals surface area contributed by atoms with Crippen LogP contribution in [0, 0.1) is 0 Å². The third-order valence-electron chi connectivity index (χ3n) is 7.02. The molecule has 5 rings (SSSR count). The van der Waals surface area contributed by atoms with Crippen molar-refractivity contribution in [1.82, 2.24) is 25.2 Å². The molecule has 2 N–H and O–H groups in total. The number of hydrogen-bond acceptors (Lipinski definition) is 11. The van der Waals surface area contributed by atoms with Gasteiger partial charge in [-0.05, 0) is 74.2 Å². The van der Waals surface area contributed by atoms with Crippen LogP contribution in [0.25, 0.3) is 11.0 Å². The second kappa shape index (κ2) is 14.2. The highest BCUT2D eigenvalue weighted by Crippen LogP contribution is 2.36. The summed E-state index contributed by atoms with van der Waals surface area (Å²) < 4.78 is 59.5. The fourth-order valence-corrected chi connectivity index (χ4v) is 5.97. The van der Waals surface area contributed by atoms with E-state index in [-0.39, 0.29) is 29.6 Å². The van der Waals surface area contributed by atoms with Crippen LogP contribution in [-0.2, 0) is 40.9 Å². The van der Waals surface area contributed by atoms with Crippen LogP contribution in [0.5, 0.6) is 17.4 Å². The van der Waals surface area contributed by atoms with E-state index in [2.05, 4.69) is 25.3 Å². The Kier molecular flexibility index (Phi) is 10.1. The van der Waals surface area contributed by atoms with Crippen molar-refractivity contribution in [2.45, 2.75) is 64.3 Å². The number of rotatable bonds is 13. The molecule has 0 spiro atoms. The summed E-state index contributed by atoms with van der Waals surface area (Å²) >= 11 is 0. The number of carbonyl (C=O) groups excluding carboxylic acids is 1. The molecule has 0 aliphatic rings. The van der Waals surface area contributed by atoms with Crippen molar-refractivity contribution in [3.05, 3.63) is 83.3 Å². The van der Waals surface area contributed by atoms with Gasteiger partial charge in [0.25, 0.3) is 10.0 Å². The van der Waals surface area contributed by atoms with E-state index in [0.717, 1.165) is 22.3 Å². The molecule has 0 unspecified atom stereocenters. The van der Waals surface area contributed by atoms with Crippen LogP contribution < -0.4 is 24.2 Å². The first-order chi connectivity index (χ1) is 22.9. The third-order valence-corrected chi connectivity index (χ3v) is 8.38. The summed E-state index contributed by atoms with van der Waals surface area (Å²) in [5.41, 5.74) is 2.82. The quantitative estimate of drug-likeness (QED) is 0.162. The number of alkyl carbamates (subject to hydrolysis) is 1. The third kappa shape index (κ3) is 8.34. The molecule has 15 heteroatoms. The first kappa shape index (κ1) is 34.0. The van der Waals surface area contributed by atoms with Crippen molar-refractivity contribution in [3.8, 4) is 17.4 Å². The van der Waals surface area contributed by atoms with E-state index in [1.165, 1.54) is 14.2 Å². The molecule has 48 heavy (non-hydrogen) atoms. The van der Waals surface area contributed by atoms with Gasteiger partial charge in [-0.2, -0.15) is 5.10 Å². The van der Waals surface area contributed by atoms with Crippen molar-refractivity contribution < 1.29 is 36.7 Å². The molecular weight excluding hydrogens is 640 g/mol.